The summed E-state index contributed by atoms with van der Waals surface area (Å²) in [5.74, 6) is -2.04. The molecule has 156 valence electrons. The van der Waals surface area contributed by atoms with E-state index in [0.29, 0.717) is 0 Å². The zero-order valence-electron chi connectivity index (χ0n) is 15.1. The summed E-state index contributed by atoms with van der Waals surface area (Å²) >= 11 is 0. The molecule has 0 bridgehead atoms. The van der Waals surface area contributed by atoms with Gasteiger partial charge in [-0.05, 0) is 18.6 Å². The highest BCUT2D eigenvalue weighted by Gasteiger charge is 2.64. The maximum atomic E-state index is 14.1. The summed E-state index contributed by atoms with van der Waals surface area (Å²) in [6, 6.07) is 5.10. The Kier molecular flexibility index (Phi) is 4.61. The van der Waals surface area contributed by atoms with Crippen LogP contribution in [0.15, 0.2) is 28.8 Å². The molecule has 1 N–H and O–H groups in total. The summed E-state index contributed by atoms with van der Waals surface area (Å²) in [7, 11) is 0. The Morgan fingerprint density at radius 3 is 2.66 bits per heavy atom. The van der Waals surface area contributed by atoms with E-state index >= 15 is 0 Å². The molecule has 1 amide bonds. The van der Waals surface area contributed by atoms with E-state index in [1.165, 1.54) is 18.2 Å². The van der Waals surface area contributed by atoms with Gasteiger partial charge in [0.1, 0.15) is 11.2 Å². The Balaban J connectivity index is 1.65. The second-order valence-electron chi connectivity index (χ2n) is 7.42. The van der Waals surface area contributed by atoms with Gasteiger partial charge in [-0.25, -0.2) is 4.39 Å². The third-order valence-electron chi connectivity index (χ3n) is 5.53. The number of nitrogens with zero attached hydrogens (tertiary/aromatic N) is 3. The van der Waals surface area contributed by atoms with E-state index in [9.17, 15) is 27.5 Å². The SMILES string of the molecule is O=C(N1CCC(c2nc(-c3cccc(F)c3)no2)(C(F)(F)F)C1)C1(CO)COC1. The van der Waals surface area contributed by atoms with Crippen molar-refractivity contribution in [2.45, 2.75) is 18.0 Å². The fourth-order valence-electron chi connectivity index (χ4n) is 3.64. The van der Waals surface area contributed by atoms with E-state index in [1.54, 1.807) is 0 Å². The summed E-state index contributed by atoms with van der Waals surface area (Å²) in [5.41, 5.74) is -3.57. The Hall–Kier alpha value is -2.53. The van der Waals surface area contributed by atoms with Gasteiger partial charge in [-0.3, -0.25) is 4.79 Å². The zero-order chi connectivity index (χ0) is 20.9. The fraction of sp³-hybridized carbons (Fsp3) is 0.500. The lowest BCUT2D eigenvalue weighted by Crippen LogP contribution is -2.58. The average Bonchev–Trinajstić information content (AvgIpc) is 3.29. The maximum Gasteiger partial charge on any atom is 0.405 e. The molecule has 3 heterocycles. The van der Waals surface area contributed by atoms with Crippen LogP contribution in [0.4, 0.5) is 17.6 Å². The Labute approximate surface area is 162 Å². The van der Waals surface area contributed by atoms with E-state index in [-0.39, 0.29) is 31.1 Å². The first kappa shape index (κ1) is 19.8. The summed E-state index contributed by atoms with van der Waals surface area (Å²) in [6.45, 7) is -1.48. The quantitative estimate of drug-likeness (QED) is 0.768. The highest BCUT2D eigenvalue weighted by Crippen LogP contribution is 2.48. The van der Waals surface area contributed by atoms with Gasteiger partial charge in [-0.15, -0.1) is 0 Å². The number of aromatic nitrogens is 2. The number of aliphatic hydroxyl groups excluding tert-OH is 1. The van der Waals surface area contributed by atoms with E-state index in [0.717, 1.165) is 11.0 Å². The van der Waals surface area contributed by atoms with Gasteiger partial charge in [0.2, 0.25) is 17.6 Å². The van der Waals surface area contributed by atoms with Gasteiger partial charge in [0, 0.05) is 18.7 Å². The number of carbonyl (C=O) groups excluding carboxylic acids is 1. The third kappa shape index (κ3) is 3.08. The van der Waals surface area contributed by atoms with Crippen LogP contribution in [0.3, 0.4) is 0 Å². The molecule has 0 aliphatic carbocycles. The number of likely N-dealkylation sites (tertiary alicyclic amines) is 1. The number of hydrogen-bond donors (Lipinski definition) is 1. The molecular weight excluding hydrogens is 398 g/mol. The van der Waals surface area contributed by atoms with Gasteiger partial charge in [-0.1, -0.05) is 17.3 Å². The highest BCUT2D eigenvalue weighted by atomic mass is 19.4. The molecule has 2 fully saturated rings. The Morgan fingerprint density at radius 1 is 1.31 bits per heavy atom. The van der Waals surface area contributed by atoms with Crippen LogP contribution in [0.1, 0.15) is 12.3 Å². The first-order valence-electron chi connectivity index (χ1n) is 8.86. The minimum atomic E-state index is -4.77. The van der Waals surface area contributed by atoms with Crippen LogP contribution in [0.5, 0.6) is 0 Å². The van der Waals surface area contributed by atoms with E-state index in [1.807, 2.05) is 0 Å². The van der Waals surface area contributed by atoms with Crippen molar-refractivity contribution >= 4 is 5.91 Å². The number of aliphatic hydroxyl groups is 1. The molecule has 1 aromatic carbocycles. The minimum absolute atomic E-state index is 0.0396. The van der Waals surface area contributed by atoms with Crippen LogP contribution in [0.2, 0.25) is 0 Å². The van der Waals surface area contributed by atoms with Crippen LogP contribution >= 0.6 is 0 Å². The molecule has 0 saturated carbocycles. The van der Waals surface area contributed by atoms with Crippen LogP contribution in [-0.4, -0.2) is 65.1 Å². The van der Waals surface area contributed by atoms with Gasteiger partial charge >= 0.3 is 6.18 Å². The maximum absolute atomic E-state index is 14.1. The summed E-state index contributed by atoms with van der Waals surface area (Å²) < 4.78 is 65.6. The number of benzene rings is 1. The first-order valence-corrected chi connectivity index (χ1v) is 8.86. The topological polar surface area (TPSA) is 88.7 Å². The monoisotopic (exact) mass is 415 g/mol. The van der Waals surface area contributed by atoms with Crippen molar-refractivity contribution < 1.29 is 36.7 Å². The van der Waals surface area contributed by atoms with Crippen molar-refractivity contribution in [1.82, 2.24) is 15.0 Å². The van der Waals surface area contributed by atoms with Crippen molar-refractivity contribution in [2.75, 3.05) is 32.9 Å². The molecule has 29 heavy (non-hydrogen) atoms. The molecule has 0 radical (unpaired) electrons. The molecule has 0 spiro atoms. The van der Waals surface area contributed by atoms with Crippen molar-refractivity contribution in [2.24, 2.45) is 5.41 Å². The zero-order valence-corrected chi connectivity index (χ0v) is 15.1. The van der Waals surface area contributed by atoms with Crippen molar-refractivity contribution in [3.8, 4) is 11.4 Å². The molecule has 2 aliphatic rings. The lowest BCUT2D eigenvalue weighted by molar-refractivity contribution is -0.197. The summed E-state index contributed by atoms with van der Waals surface area (Å²) in [6.07, 6.45) is -5.23. The van der Waals surface area contributed by atoms with E-state index in [2.05, 4.69) is 10.1 Å². The van der Waals surface area contributed by atoms with E-state index in [4.69, 9.17) is 9.26 Å². The second-order valence-corrected chi connectivity index (χ2v) is 7.42. The summed E-state index contributed by atoms with van der Waals surface area (Å²) in [4.78, 5) is 17.6. The molecule has 2 saturated heterocycles. The first-order chi connectivity index (χ1) is 13.7. The Morgan fingerprint density at radius 2 is 2.07 bits per heavy atom. The number of amides is 1. The molecule has 4 rings (SSSR count). The number of ether oxygens (including phenoxy) is 1. The smallest absolute Gasteiger partial charge is 0.395 e. The average molecular weight is 415 g/mol. The predicted molar refractivity (Wildman–Crippen MR) is 89.0 cm³/mol. The predicted octanol–water partition coefficient (Wildman–Crippen LogP) is 1.92. The lowest BCUT2D eigenvalue weighted by Gasteiger charge is -2.41. The highest BCUT2D eigenvalue weighted by molar-refractivity contribution is 5.84. The number of alkyl halides is 3. The van der Waals surface area contributed by atoms with Crippen LogP contribution in [-0.2, 0) is 14.9 Å². The van der Waals surface area contributed by atoms with Gasteiger partial charge in [-0.2, -0.15) is 18.2 Å². The largest absolute Gasteiger partial charge is 0.405 e. The molecule has 11 heteroatoms. The second kappa shape index (κ2) is 6.77. The van der Waals surface area contributed by atoms with Gasteiger partial charge in [0.05, 0.1) is 19.8 Å². The number of carbonyl (C=O) groups is 1. The number of rotatable bonds is 4. The molecule has 2 aromatic rings. The fourth-order valence-corrected chi connectivity index (χ4v) is 3.64. The third-order valence-corrected chi connectivity index (χ3v) is 5.53. The van der Waals surface area contributed by atoms with Crippen molar-refractivity contribution in [1.29, 1.82) is 0 Å². The normalized spacial score (nSPS) is 23.8. The minimum Gasteiger partial charge on any atom is -0.395 e. The molecule has 7 nitrogen and oxygen atoms in total. The molecule has 1 atom stereocenters. The molecular formula is C18H17F4N3O4. The van der Waals surface area contributed by atoms with Gasteiger partial charge < -0.3 is 19.3 Å². The number of hydrogen-bond acceptors (Lipinski definition) is 6. The lowest BCUT2D eigenvalue weighted by atomic mass is 9.84. The molecule has 1 aromatic heterocycles. The van der Waals surface area contributed by atoms with E-state index < -0.39 is 54.2 Å². The van der Waals surface area contributed by atoms with Crippen molar-refractivity contribution in [3.05, 3.63) is 36.0 Å². The molecule has 1 unspecified atom stereocenters. The van der Waals surface area contributed by atoms with Gasteiger partial charge in [0.15, 0.2) is 5.41 Å². The number of halogens is 4. The molecule has 2 aliphatic heterocycles. The standard InChI is InChI=1S/C18H17F4N3O4/c19-12-3-1-2-11(6-12)13-23-14(29-24-13)17(18(20,21)22)4-5-25(7-17)15(27)16(8-26)9-28-10-16/h1-3,6,26H,4-5,7-10H2. The van der Waals surface area contributed by atoms with Crippen LogP contribution in [0.25, 0.3) is 11.4 Å². The van der Waals surface area contributed by atoms with Crippen LogP contribution in [0, 0.1) is 11.2 Å². The van der Waals surface area contributed by atoms with Crippen molar-refractivity contribution in [3.63, 3.8) is 0 Å². The summed E-state index contributed by atoms with van der Waals surface area (Å²) in [5, 5.41) is 13.1. The Bertz CT molecular complexity index is 922. The van der Waals surface area contributed by atoms with Gasteiger partial charge in [0.25, 0.3) is 0 Å². The van der Waals surface area contributed by atoms with Crippen LogP contribution < -0.4 is 0 Å².